The van der Waals surface area contributed by atoms with Gasteiger partial charge < -0.3 is 9.32 Å². The normalized spacial score (nSPS) is 19.9. The summed E-state index contributed by atoms with van der Waals surface area (Å²) in [5.74, 6) is 0.463. The molecule has 1 amide bonds. The minimum atomic E-state index is -0.0801. The van der Waals surface area contributed by atoms with Crippen LogP contribution in [-0.2, 0) is 4.79 Å². The van der Waals surface area contributed by atoms with Crippen molar-refractivity contribution >= 4 is 11.7 Å². The van der Waals surface area contributed by atoms with Gasteiger partial charge in [-0.1, -0.05) is 0 Å². The molecular weight excluding hydrogens is 230 g/mol. The number of nitrogens with zero attached hydrogens (tertiary/aromatic N) is 1. The average Bonchev–Trinajstić information content (AvgIpc) is 2.74. The molecular formula is C14H19NO3. The van der Waals surface area contributed by atoms with Gasteiger partial charge in [0, 0.05) is 24.6 Å². The monoisotopic (exact) mass is 249 g/mol. The number of hydrogen-bond acceptors (Lipinski definition) is 3. The Bertz CT molecular complexity index is 450. The second kappa shape index (κ2) is 5.38. The van der Waals surface area contributed by atoms with Crippen molar-refractivity contribution in [3.05, 3.63) is 23.7 Å². The quantitative estimate of drug-likeness (QED) is 0.827. The third-order valence-corrected chi connectivity index (χ3v) is 3.47. The van der Waals surface area contributed by atoms with Crippen LogP contribution in [0.1, 0.15) is 48.7 Å². The summed E-state index contributed by atoms with van der Waals surface area (Å²) in [6.07, 6.45) is 4.97. The van der Waals surface area contributed by atoms with Crippen molar-refractivity contribution in [2.75, 3.05) is 6.54 Å². The van der Waals surface area contributed by atoms with E-state index in [2.05, 4.69) is 0 Å². The molecule has 1 aromatic heterocycles. The number of piperidine rings is 1. The van der Waals surface area contributed by atoms with Gasteiger partial charge in [-0.2, -0.15) is 0 Å². The van der Waals surface area contributed by atoms with Crippen LogP contribution in [0.5, 0.6) is 0 Å². The molecule has 0 saturated carbocycles. The van der Waals surface area contributed by atoms with Crippen LogP contribution in [0.25, 0.3) is 0 Å². The number of likely N-dealkylation sites (tertiary alicyclic amines) is 1. The van der Waals surface area contributed by atoms with Crippen molar-refractivity contribution in [3.8, 4) is 0 Å². The van der Waals surface area contributed by atoms with E-state index in [1.807, 2.05) is 6.92 Å². The topological polar surface area (TPSA) is 50.5 Å². The minimum absolute atomic E-state index is 0.0354. The summed E-state index contributed by atoms with van der Waals surface area (Å²) in [6, 6.07) is 1.82. The molecule has 1 aromatic rings. The van der Waals surface area contributed by atoms with Gasteiger partial charge >= 0.3 is 0 Å². The van der Waals surface area contributed by atoms with Crippen molar-refractivity contribution in [2.24, 2.45) is 0 Å². The van der Waals surface area contributed by atoms with Crippen LogP contribution < -0.4 is 0 Å². The second-order valence-electron chi connectivity index (χ2n) is 4.99. The zero-order valence-corrected chi connectivity index (χ0v) is 10.9. The number of amides is 1. The molecule has 1 unspecified atom stereocenters. The second-order valence-corrected chi connectivity index (χ2v) is 4.99. The number of Topliss-reactive ketones (excluding diaryl/α,β-unsaturated/α-hetero) is 1. The van der Waals surface area contributed by atoms with E-state index in [0.717, 1.165) is 31.4 Å². The molecule has 0 spiro atoms. The number of carbonyl (C=O) groups is 2. The van der Waals surface area contributed by atoms with E-state index in [-0.39, 0.29) is 17.7 Å². The molecule has 18 heavy (non-hydrogen) atoms. The lowest BCUT2D eigenvalue weighted by Crippen LogP contribution is -2.44. The van der Waals surface area contributed by atoms with Gasteiger partial charge in [-0.3, -0.25) is 9.59 Å². The maximum Gasteiger partial charge on any atom is 0.290 e. The third kappa shape index (κ3) is 2.63. The zero-order valence-electron chi connectivity index (χ0n) is 10.9. The summed E-state index contributed by atoms with van der Waals surface area (Å²) in [7, 11) is 0. The van der Waals surface area contributed by atoms with Gasteiger partial charge in [-0.15, -0.1) is 0 Å². The highest BCUT2D eigenvalue weighted by atomic mass is 16.3. The fourth-order valence-electron chi connectivity index (χ4n) is 2.53. The van der Waals surface area contributed by atoms with Gasteiger partial charge in [0.15, 0.2) is 5.76 Å². The van der Waals surface area contributed by atoms with Crippen LogP contribution in [-0.4, -0.2) is 29.2 Å². The predicted octanol–water partition coefficient (Wildman–Crippen LogP) is 2.56. The molecule has 98 valence electrons. The Labute approximate surface area is 107 Å². The van der Waals surface area contributed by atoms with E-state index in [0.29, 0.717) is 12.2 Å². The number of furan rings is 1. The third-order valence-electron chi connectivity index (χ3n) is 3.47. The first-order chi connectivity index (χ1) is 8.59. The standard InChI is InChI=1S/C14H19NO3/c1-10-6-8-18-13(10)14(17)15-7-4-3-5-12(15)9-11(2)16/h6,8,12H,3-5,7,9H2,1-2H3. The van der Waals surface area contributed by atoms with Gasteiger partial charge in [-0.05, 0) is 39.2 Å². The van der Waals surface area contributed by atoms with E-state index >= 15 is 0 Å². The predicted molar refractivity (Wildman–Crippen MR) is 67.4 cm³/mol. The molecule has 2 heterocycles. The Morgan fingerprint density at radius 1 is 1.44 bits per heavy atom. The lowest BCUT2D eigenvalue weighted by Gasteiger charge is -2.34. The molecule has 1 saturated heterocycles. The first-order valence-corrected chi connectivity index (χ1v) is 6.44. The first-order valence-electron chi connectivity index (χ1n) is 6.44. The van der Waals surface area contributed by atoms with Crippen LogP contribution >= 0.6 is 0 Å². The summed E-state index contributed by atoms with van der Waals surface area (Å²) in [5, 5.41) is 0. The Kier molecular flexibility index (Phi) is 3.84. The largest absolute Gasteiger partial charge is 0.459 e. The van der Waals surface area contributed by atoms with Gasteiger partial charge in [0.25, 0.3) is 5.91 Å². The fraction of sp³-hybridized carbons (Fsp3) is 0.571. The highest BCUT2D eigenvalue weighted by molar-refractivity contribution is 5.93. The SMILES string of the molecule is CC(=O)CC1CCCCN1C(=O)c1occc1C. The molecule has 1 aliphatic rings. The first kappa shape index (κ1) is 12.9. The van der Waals surface area contributed by atoms with E-state index < -0.39 is 0 Å². The van der Waals surface area contributed by atoms with Gasteiger partial charge in [0.05, 0.1) is 6.26 Å². The molecule has 0 bridgehead atoms. The van der Waals surface area contributed by atoms with Crippen LogP contribution in [0.2, 0.25) is 0 Å². The number of hydrogen-bond donors (Lipinski definition) is 0. The highest BCUT2D eigenvalue weighted by Gasteiger charge is 2.30. The molecule has 1 aliphatic heterocycles. The fourth-order valence-corrected chi connectivity index (χ4v) is 2.53. The van der Waals surface area contributed by atoms with Crippen molar-refractivity contribution in [1.29, 1.82) is 0 Å². The summed E-state index contributed by atoms with van der Waals surface area (Å²) >= 11 is 0. The summed E-state index contributed by atoms with van der Waals surface area (Å²) in [6.45, 7) is 4.16. The number of rotatable bonds is 3. The molecule has 0 N–H and O–H groups in total. The van der Waals surface area contributed by atoms with Crippen LogP contribution in [0.15, 0.2) is 16.7 Å². The van der Waals surface area contributed by atoms with E-state index in [4.69, 9.17) is 4.42 Å². The molecule has 0 aromatic carbocycles. The van der Waals surface area contributed by atoms with Gasteiger partial charge in [0.2, 0.25) is 0 Å². The van der Waals surface area contributed by atoms with Crippen LogP contribution in [0, 0.1) is 6.92 Å². The zero-order chi connectivity index (χ0) is 13.1. The van der Waals surface area contributed by atoms with Crippen molar-refractivity contribution in [3.63, 3.8) is 0 Å². The number of carbonyl (C=O) groups excluding carboxylic acids is 2. The highest BCUT2D eigenvalue weighted by Crippen LogP contribution is 2.23. The van der Waals surface area contributed by atoms with E-state index in [1.165, 1.54) is 6.26 Å². The van der Waals surface area contributed by atoms with Crippen molar-refractivity contribution in [2.45, 2.75) is 45.6 Å². The summed E-state index contributed by atoms with van der Waals surface area (Å²) in [4.78, 5) is 25.5. The minimum Gasteiger partial charge on any atom is -0.459 e. The molecule has 0 radical (unpaired) electrons. The smallest absolute Gasteiger partial charge is 0.290 e. The van der Waals surface area contributed by atoms with Gasteiger partial charge in [-0.25, -0.2) is 0 Å². The Morgan fingerprint density at radius 3 is 2.83 bits per heavy atom. The molecule has 2 rings (SSSR count). The molecule has 4 heteroatoms. The van der Waals surface area contributed by atoms with E-state index in [9.17, 15) is 9.59 Å². The number of ketones is 1. The maximum atomic E-state index is 12.4. The number of aryl methyl sites for hydroxylation is 1. The van der Waals surface area contributed by atoms with Crippen molar-refractivity contribution in [1.82, 2.24) is 4.90 Å². The van der Waals surface area contributed by atoms with Crippen LogP contribution in [0.4, 0.5) is 0 Å². The Balaban J connectivity index is 2.16. The van der Waals surface area contributed by atoms with Crippen molar-refractivity contribution < 1.29 is 14.0 Å². The lowest BCUT2D eigenvalue weighted by molar-refractivity contribution is -0.118. The summed E-state index contributed by atoms with van der Waals surface area (Å²) in [5.41, 5.74) is 0.854. The lowest BCUT2D eigenvalue weighted by atomic mass is 9.97. The molecule has 1 fully saturated rings. The van der Waals surface area contributed by atoms with Crippen LogP contribution in [0.3, 0.4) is 0 Å². The average molecular weight is 249 g/mol. The summed E-state index contributed by atoms with van der Waals surface area (Å²) < 4.78 is 5.26. The van der Waals surface area contributed by atoms with E-state index in [1.54, 1.807) is 17.9 Å². The Hall–Kier alpha value is -1.58. The maximum absolute atomic E-state index is 12.4. The molecule has 1 atom stereocenters. The Morgan fingerprint density at radius 2 is 2.22 bits per heavy atom. The van der Waals surface area contributed by atoms with Gasteiger partial charge in [0.1, 0.15) is 5.78 Å². The molecule has 4 nitrogen and oxygen atoms in total. The molecule has 0 aliphatic carbocycles.